The number of anilines is 1. The Morgan fingerprint density at radius 3 is 3.12 bits per heavy atom. The average molecular weight is 254 g/mol. The van der Waals surface area contributed by atoms with Gasteiger partial charge in [0.2, 0.25) is 0 Å². The molecule has 0 unspecified atom stereocenters. The van der Waals surface area contributed by atoms with Crippen LogP contribution in [0.4, 0.5) is 5.13 Å². The first kappa shape index (κ1) is 10.0. The third-order valence-electron chi connectivity index (χ3n) is 2.30. The van der Waals surface area contributed by atoms with Crippen LogP contribution in [0.15, 0.2) is 10.4 Å². The van der Waals surface area contributed by atoms with E-state index in [0.29, 0.717) is 11.2 Å². The van der Waals surface area contributed by atoms with Crippen molar-refractivity contribution in [3.8, 4) is 0 Å². The fraction of sp³-hybridized carbons (Fsp3) is 0.500. The standard InChI is InChI=1S/C8H10N6S2/c9-8-10-3-7(16-8)15-4-6-11-12-13-14(6)5-1-2-5/h3,5H,1-2,4H2,(H2,9,10). The van der Waals surface area contributed by atoms with E-state index in [9.17, 15) is 0 Å². The van der Waals surface area contributed by atoms with Crippen LogP contribution in [0.2, 0.25) is 0 Å². The summed E-state index contributed by atoms with van der Waals surface area (Å²) in [6.45, 7) is 0. The lowest BCUT2D eigenvalue weighted by molar-refractivity contribution is 0.593. The van der Waals surface area contributed by atoms with E-state index in [2.05, 4.69) is 20.5 Å². The molecule has 2 heterocycles. The number of nitrogens with zero attached hydrogens (tertiary/aromatic N) is 5. The van der Waals surface area contributed by atoms with Gasteiger partial charge in [-0.15, -0.1) is 16.9 Å². The Kier molecular flexibility index (Phi) is 2.52. The van der Waals surface area contributed by atoms with Gasteiger partial charge in [0.1, 0.15) is 0 Å². The Labute approximate surface area is 100 Å². The number of hydrogen-bond donors (Lipinski definition) is 1. The Balaban J connectivity index is 1.67. The molecular weight excluding hydrogens is 244 g/mol. The summed E-state index contributed by atoms with van der Waals surface area (Å²) in [5.41, 5.74) is 5.56. The van der Waals surface area contributed by atoms with Crippen molar-refractivity contribution in [2.75, 3.05) is 5.73 Å². The first-order valence-electron chi connectivity index (χ1n) is 4.94. The number of nitrogens with two attached hydrogens (primary N) is 1. The van der Waals surface area contributed by atoms with Gasteiger partial charge in [0.25, 0.3) is 0 Å². The van der Waals surface area contributed by atoms with E-state index in [1.807, 2.05) is 4.68 Å². The summed E-state index contributed by atoms with van der Waals surface area (Å²) in [7, 11) is 0. The van der Waals surface area contributed by atoms with E-state index in [1.54, 1.807) is 18.0 Å². The van der Waals surface area contributed by atoms with Gasteiger partial charge in [0, 0.05) is 0 Å². The predicted octanol–water partition coefficient (Wildman–Crippen LogP) is 1.34. The third kappa shape index (κ3) is 2.03. The van der Waals surface area contributed by atoms with E-state index in [0.717, 1.165) is 15.8 Å². The molecule has 1 fully saturated rings. The number of hydrogen-bond acceptors (Lipinski definition) is 7. The highest BCUT2D eigenvalue weighted by molar-refractivity contribution is 8.00. The zero-order valence-electron chi connectivity index (χ0n) is 8.41. The largest absolute Gasteiger partial charge is 0.375 e. The van der Waals surface area contributed by atoms with Crippen LogP contribution >= 0.6 is 23.1 Å². The van der Waals surface area contributed by atoms with Crippen molar-refractivity contribution in [3.05, 3.63) is 12.0 Å². The summed E-state index contributed by atoms with van der Waals surface area (Å²) in [5, 5.41) is 12.3. The van der Waals surface area contributed by atoms with Gasteiger partial charge in [-0.05, 0) is 23.3 Å². The Morgan fingerprint density at radius 2 is 2.44 bits per heavy atom. The van der Waals surface area contributed by atoms with E-state index in [1.165, 1.54) is 24.2 Å². The molecule has 1 aliphatic rings. The minimum atomic E-state index is 0.525. The maximum Gasteiger partial charge on any atom is 0.181 e. The minimum Gasteiger partial charge on any atom is -0.375 e. The molecule has 0 spiro atoms. The van der Waals surface area contributed by atoms with Gasteiger partial charge < -0.3 is 5.73 Å². The minimum absolute atomic E-state index is 0.525. The van der Waals surface area contributed by atoms with E-state index in [4.69, 9.17) is 5.73 Å². The summed E-state index contributed by atoms with van der Waals surface area (Å²) in [6, 6.07) is 0.525. The zero-order chi connectivity index (χ0) is 11.0. The molecule has 1 saturated carbocycles. The number of thioether (sulfide) groups is 1. The number of rotatable bonds is 4. The Bertz CT molecular complexity index is 488. The lowest BCUT2D eigenvalue weighted by Crippen LogP contribution is -2.01. The number of thiazole rings is 1. The normalized spacial score (nSPS) is 15.5. The lowest BCUT2D eigenvalue weighted by Gasteiger charge is -2.00. The van der Waals surface area contributed by atoms with Crippen molar-refractivity contribution in [1.82, 2.24) is 25.2 Å². The SMILES string of the molecule is Nc1ncc(SCc2nnnn2C2CC2)s1. The summed E-state index contributed by atoms with van der Waals surface area (Å²) >= 11 is 3.16. The number of nitrogen functional groups attached to an aromatic ring is 1. The Hall–Kier alpha value is -1.15. The van der Waals surface area contributed by atoms with Crippen molar-refractivity contribution in [2.45, 2.75) is 28.8 Å². The maximum atomic E-state index is 5.56. The van der Waals surface area contributed by atoms with Crippen LogP contribution in [-0.2, 0) is 5.75 Å². The summed E-state index contributed by atoms with van der Waals surface area (Å²) < 4.78 is 3.03. The van der Waals surface area contributed by atoms with Gasteiger partial charge in [0.15, 0.2) is 11.0 Å². The molecular formula is C8H10N6S2. The summed E-state index contributed by atoms with van der Waals surface area (Å²) in [5.74, 6) is 1.70. The molecule has 0 bridgehead atoms. The first-order valence-corrected chi connectivity index (χ1v) is 6.74. The smallest absolute Gasteiger partial charge is 0.181 e. The van der Waals surface area contributed by atoms with Crippen LogP contribution in [0.5, 0.6) is 0 Å². The molecule has 8 heteroatoms. The molecule has 0 radical (unpaired) electrons. The van der Waals surface area contributed by atoms with Gasteiger partial charge >= 0.3 is 0 Å². The topological polar surface area (TPSA) is 82.5 Å². The van der Waals surface area contributed by atoms with Crippen LogP contribution in [0.25, 0.3) is 0 Å². The third-order valence-corrected chi connectivity index (χ3v) is 4.32. The molecule has 0 aromatic carbocycles. The molecule has 3 rings (SSSR count). The molecule has 2 N–H and O–H groups in total. The summed E-state index contributed by atoms with van der Waals surface area (Å²) in [6.07, 6.45) is 4.17. The van der Waals surface area contributed by atoms with Gasteiger partial charge in [-0.25, -0.2) is 9.67 Å². The van der Waals surface area contributed by atoms with Crippen molar-refractivity contribution < 1.29 is 0 Å². The number of tetrazole rings is 1. The average Bonchev–Trinajstić information content (AvgIpc) is 2.86. The van der Waals surface area contributed by atoms with Crippen molar-refractivity contribution in [1.29, 1.82) is 0 Å². The molecule has 2 aromatic rings. The van der Waals surface area contributed by atoms with Gasteiger partial charge in [-0.1, -0.05) is 11.3 Å². The van der Waals surface area contributed by atoms with E-state index >= 15 is 0 Å². The second kappa shape index (κ2) is 4.02. The molecule has 0 atom stereocenters. The highest BCUT2D eigenvalue weighted by Gasteiger charge is 2.27. The number of aromatic nitrogens is 5. The highest BCUT2D eigenvalue weighted by atomic mass is 32.2. The summed E-state index contributed by atoms with van der Waals surface area (Å²) in [4.78, 5) is 4.00. The molecule has 0 amide bonds. The van der Waals surface area contributed by atoms with Crippen LogP contribution in [-0.4, -0.2) is 25.2 Å². The second-order valence-electron chi connectivity index (χ2n) is 3.58. The van der Waals surface area contributed by atoms with Crippen LogP contribution in [0, 0.1) is 0 Å². The maximum absolute atomic E-state index is 5.56. The lowest BCUT2D eigenvalue weighted by atomic mass is 10.6. The molecule has 2 aromatic heterocycles. The van der Waals surface area contributed by atoms with E-state index in [-0.39, 0.29) is 0 Å². The monoisotopic (exact) mass is 254 g/mol. The van der Waals surface area contributed by atoms with Gasteiger partial charge in [-0.2, -0.15) is 0 Å². The van der Waals surface area contributed by atoms with E-state index < -0.39 is 0 Å². The molecule has 84 valence electrons. The predicted molar refractivity (Wildman–Crippen MR) is 62.2 cm³/mol. The first-order chi connectivity index (χ1) is 7.83. The van der Waals surface area contributed by atoms with Crippen molar-refractivity contribution >= 4 is 28.2 Å². The van der Waals surface area contributed by atoms with Gasteiger partial charge in [0.05, 0.1) is 22.2 Å². The highest BCUT2D eigenvalue weighted by Crippen LogP contribution is 2.36. The second-order valence-corrected chi connectivity index (χ2v) is 5.91. The fourth-order valence-electron chi connectivity index (χ4n) is 1.38. The van der Waals surface area contributed by atoms with Crippen LogP contribution in [0.3, 0.4) is 0 Å². The molecule has 6 nitrogen and oxygen atoms in total. The van der Waals surface area contributed by atoms with Crippen LogP contribution < -0.4 is 5.73 Å². The molecule has 1 aliphatic carbocycles. The van der Waals surface area contributed by atoms with Crippen LogP contribution in [0.1, 0.15) is 24.7 Å². The molecule has 0 saturated heterocycles. The fourth-order valence-corrected chi connectivity index (χ4v) is 3.06. The van der Waals surface area contributed by atoms with Crippen molar-refractivity contribution in [3.63, 3.8) is 0 Å². The van der Waals surface area contributed by atoms with Gasteiger partial charge in [-0.3, -0.25) is 0 Å². The molecule has 0 aliphatic heterocycles. The quantitative estimate of drug-likeness (QED) is 0.829. The Morgan fingerprint density at radius 1 is 1.56 bits per heavy atom. The van der Waals surface area contributed by atoms with Crippen molar-refractivity contribution in [2.24, 2.45) is 0 Å². The zero-order valence-corrected chi connectivity index (χ0v) is 10.0. The molecule has 16 heavy (non-hydrogen) atoms.